The van der Waals surface area contributed by atoms with Gasteiger partial charge in [0.15, 0.2) is 5.78 Å². The van der Waals surface area contributed by atoms with Gasteiger partial charge in [-0.2, -0.15) is 0 Å². The van der Waals surface area contributed by atoms with Gasteiger partial charge in [-0.3, -0.25) is 24.0 Å². The minimum Gasteiger partial charge on any atom is -0.458 e. The average Bonchev–Trinajstić information content (AvgIpc) is 3.12. The molecule has 2 aromatic rings. The fourth-order valence-electron chi connectivity index (χ4n) is 4.75. The van der Waals surface area contributed by atoms with Crippen LogP contribution in [0.3, 0.4) is 0 Å². The molecule has 0 aliphatic rings. The zero-order chi connectivity index (χ0) is 36.2. The Morgan fingerprint density at radius 2 is 1.24 bits per heavy atom. The number of esters is 1. The first-order valence-electron chi connectivity index (χ1n) is 17.1. The number of ether oxygens (including phenoxy) is 5. The lowest BCUT2D eigenvalue weighted by Gasteiger charge is -2.19. The van der Waals surface area contributed by atoms with Crippen LogP contribution in [0.4, 0.5) is 0 Å². The van der Waals surface area contributed by atoms with Gasteiger partial charge in [-0.05, 0) is 55.2 Å². The van der Waals surface area contributed by atoms with Crippen molar-refractivity contribution in [3.8, 4) is 0 Å². The number of aryl methyl sites for hydroxylation is 2. The van der Waals surface area contributed by atoms with Gasteiger partial charge in [-0.15, -0.1) is 0 Å². The van der Waals surface area contributed by atoms with Gasteiger partial charge in [0.1, 0.15) is 25.9 Å². The van der Waals surface area contributed by atoms with Crippen LogP contribution in [-0.2, 0) is 66.9 Å². The molecule has 2 aromatic carbocycles. The number of rotatable bonds is 28. The minimum absolute atomic E-state index is 0.0507. The van der Waals surface area contributed by atoms with E-state index in [4.69, 9.17) is 23.7 Å². The predicted octanol–water partition coefficient (Wildman–Crippen LogP) is 2.12. The van der Waals surface area contributed by atoms with E-state index in [1.807, 2.05) is 30.3 Å². The van der Waals surface area contributed by atoms with Gasteiger partial charge in [0.2, 0.25) is 17.7 Å². The normalized spacial score (nSPS) is 11.4. The molecular weight excluding hydrogens is 646 g/mol. The van der Waals surface area contributed by atoms with E-state index in [9.17, 15) is 24.0 Å². The Labute approximate surface area is 295 Å². The second-order valence-electron chi connectivity index (χ2n) is 11.6. The van der Waals surface area contributed by atoms with Gasteiger partial charge < -0.3 is 39.6 Å². The summed E-state index contributed by atoms with van der Waals surface area (Å²) in [6, 6.07) is 17.4. The molecule has 0 bridgehead atoms. The maximum Gasteiger partial charge on any atom is 0.308 e. The zero-order valence-electron chi connectivity index (χ0n) is 29.4. The number of unbranched alkanes of at least 4 members (excludes halogenated alkanes) is 1. The molecule has 0 aromatic heterocycles. The molecule has 0 radical (unpaired) electrons. The highest BCUT2D eigenvalue weighted by molar-refractivity contribution is 5.88. The molecule has 50 heavy (non-hydrogen) atoms. The van der Waals surface area contributed by atoms with Gasteiger partial charge in [0.25, 0.3) is 0 Å². The van der Waals surface area contributed by atoms with E-state index in [2.05, 4.69) is 40.2 Å². The molecule has 0 heterocycles. The monoisotopic (exact) mass is 699 g/mol. The van der Waals surface area contributed by atoms with Gasteiger partial charge >= 0.3 is 5.97 Å². The van der Waals surface area contributed by atoms with Gasteiger partial charge in [-0.1, -0.05) is 54.6 Å². The molecule has 0 saturated carbocycles. The fraction of sp³-hybridized carbons (Fsp3) is 0.541. The summed E-state index contributed by atoms with van der Waals surface area (Å²) in [5.74, 6) is -2.18. The van der Waals surface area contributed by atoms with E-state index >= 15 is 0 Å². The van der Waals surface area contributed by atoms with Crippen molar-refractivity contribution in [2.75, 3.05) is 73.6 Å². The van der Waals surface area contributed by atoms with Crippen LogP contribution in [0.2, 0.25) is 0 Å². The molecule has 276 valence electrons. The summed E-state index contributed by atoms with van der Waals surface area (Å²) >= 11 is 0. The van der Waals surface area contributed by atoms with Crippen molar-refractivity contribution in [3.63, 3.8) is 0 Å². The molecule has 3 N–H and O–H groups in total. The number of methoxy groups -OCH3 is 2. The predicted molar refractivity (Wildman–Crippen MR) is 186 cm³/mol. The summed E-state index contributed by atoms with van der Waals surface area (Å²) in [4.78, 5) is 61.8. The van der Waals surface area contributed by atoms with Gasteiger partial charge in [0, 0.05) is 33.7 Å². The summed E-state index contributed by atoms with van der Waals surface area (Å²) in [6.07, 6.45) is 4.80. The molecule has 0 aliphatic heterocycles. The highest BCUT2D eigenvalue weighted by atomic mass is 16.5. The number of Topliss-reactive ketones (excluding diaryl/α,β-unsaturated/α-hetero) is 1. The van der Waals surface area contributed by atoms with Crippen molar-refractivity contribution < 1.29 is 47.7 Å². The number of amides is 3. The summed E-state index contributed by atoms with van der Waals surface area (Å²) < 4.78 is 25.3. The first-order valence-corrected chi connectivity index (χ1v) is 17.1. The molecule has 0 aliphatic carbocycles. The molecule has 2 rings (SSSR count). The average molecular weight is 700 g/mol. The lowest BCUT2D eigenvalue weighted by Crippen LogP contribution is -2.48. The lowest BCUT2D eigenvalue weighted by molar-refractivity contribution is -0.147. The molecule has 0 fully saturated rings. The van der Waals surface area contributed by atoms with Crippen molar-refractivity contribution in [2.24, 2.45) is 0 Å². The van der Waals surface area contributed by atoms with Crippen LogP contribution in [0.15, 0.2) is 54.6 Å². The Hall–Kier alpha value is -4.17. The molecule has 3 amide bonds. The summed E-state index contributed by atoms with van der Waals surface area (Å²) in [5.41, 5.74) is 3.40. The molecule has 13 nitrogen and oxygen atoms in total. The number of hydrogen-bond donors (Lipinski definition) is 3. The van der Waals surface area contributed by atoms with Crippen LogP contribution in [-0.4, -0.2) is 109 Å². The number of carbonyl (C=O) groups is 5. The van der Waals surface area contributed by atoms with Crippen molar-refractivity contribution in [1.29, 1.82) is 0 Å². The Morgan fingerprint density at radius 1 is 0.640 bits per heavy atom. The third kappa shape index (κ3) is 20.4. The van der Waals surface area contributed by atoms with Crippen molar-refractivity contribution in [1.82, 2.24) is 16.0 Å². The molecule has 1 atom stereocenters. The Morgan fingerprint density at radius 3 is 1.88 bits per heavy atom. The minimum atomic E-state index is -0.929. The van der Waals surface area contributed by atoms with Crippen LogP contribution >= 0.6 is 0 Å². The number of ketones is 1. The van der Waals surface area contributed by atoms with Crippen molar-refractivity contribution in [3.05, 3.63) is 71.3 Å². The highest BCUT2D eigenvalue weighted by Crippen LogP contribution is 2.11. The molecule has 0 spiro atoms. The van der Waals surface area contributed by atoms with E-state index in [1.54, 1.807) is 0 Å². The smallest absolute Gasteiger partial charge is 0.308 e. The first kappa shape index (κ1) is 42.0. The van der Waals surface area contributed by atoms with Crippen LogP contribution in [0.25, 0.3) is 0 Å². The standard InChI is InChI=1S/C37H53N3O10/c1-46-21-23-48-27-34(42)38-19-8-13-33(40-35(43)28-49-24-22-47-2)37(45)39-20-18-36(44)50-26-32(41)25-31-16-14-30(15-17-31)12-7-6-11-29-9-4-3-5-10-29/h3-5,9-10,14-17,33H,6-8,11-13,18-28H2,1-2H3,(H,38,42)(H,39,45)(H,40,43)/t33-/m0/s1. The number of hydrogen-bond acceptors (Lipinski definition) is 10. The highest BCUT2D eigenvalue weighted by Gasteiger charge is 2.21. The molecule has 0 saturated heterocycles. The van der Waals surface area contributed by atoms with Gasteiger partial charge in [0.05, 0.1) is 32.8 Å². The second-order valence-corrected chi connectivity index (χ2v) is 11.6. The van der Waals surface area contributed by atoms with E-state index in [1.165, 1.54) is 25.3 Å². The van der Waals surface area contributed by atoms with E-state index in [0.717, 1.165) is 31.2 Å². The maximum atomic E-state index is 12.9. The van der Waals surface area contributed by atoms with Crippen molar-refractivity contribution in [2.45, 2.75) is 57.4 Å². The Balaban J connectivity index is 1.68. The van der Waals surface area contributed by atoms with Crippen LogP contribution in [0.5, 0.6) is 0 Å². The summed E-state index contributed by atoms with van der Waals surface area (Å²) in [6.45, 7) is 0.666. The second kappa shape index (κ2) is 26.7. The molecule has 0 unspecified atom stereocenters. The summed E-state index contributed by atoms with van der Waals surface area (Å²) in [5, 5.41) is 7.94. The third-order valence-corrected chi connectivity index (χ3v) is 7.44. The number of benzene rings is 2. The quantitative estimate of drug-likeness (QED) is 0.0885. The zero-order valence-corrected chi connectivity index (χ0v) is 29.4. The Bertz CT molecular complexity index is 1270. The van der Waals surface area contributed by atoms with Crippen molar-refractivity contribution >= 4 is 29.5 Å². The number of carbonyl (C=O) groups excluding carboxylic acids is 5. The SMILES string of the molecule is COCCOCC(=O)NCCC[C@H](NC(=O)COCCOC)C(=O)NCCC(=O)OCC(=O)Cc1ccc(CCCCc2ccccc2)cc1. The fourth-order valence-corrected chi connectivity index (χ4v) is 4.75. The van der Waals surface area contributed by atoms with E-state index in [0.29, 0.717) is 26.2 Å². The van der Waals surface area contributed by atoms with E-state index in [-0.39, 0.29) is 70.5 Å². The Kier molecular flexibility index (Phi) is 22.4. The maximum absolute atomic E-state index is 12.9. The van der Waals surface area contributed by atoms with Gasteiger partial charge in [-0.25, -0.2) is 0 Å². The van der Waals surface area contributed by atoms with Crippen LogP contribution < -0.4 is 16.0 Å². The largest absolute Gasteiger partial charge is 0.458 e. The molecular formula is C37H53N3O10. The van der Waals surface area contributed by atoms with Crippen LogP contribution in [0, 0.1) is 0 Å². The third-order valence-electron chi connectivity index (χ3n) is 7.44. The lowest BCUT2D eigenvalue weighted by atomic mass is 10.0. The number of nitrogens with one attached hydrogen (secondary N) is 3. The molecule has 13 heteroatoms. The first-order chi connectivity index (χ1) is 24.3. The van der Waals surface area contributed by atoms with Crippen LogP contribution in [0.1, 0.15) is 48.8 Å². The summed E-state index contributed by atoms with van der Waals surface area (Å²) in [7, 11) is 3.05. The topological polar surface area (TPSA) is 168 Å². The van der Waals surface area contributed by atoms with E-state index < -0.39 is 23.8 Å².